The minimum atomic E-state index is -0.926. The Bertz CT molecular complexity index is 1070. The van der Waals surface area contributed by atoms with Crippen LogP contribution in [0.5, 0.6) is 11.5 Å². The van der Waals surface area contributed by atoms with E-state index in [-0.39, 0.29) is 29.9 Å². The normalized spacial score (nSPS) is 26.5. The first-order valence-corrected chi connectivity index (χ1v) is 10.0. The lowest BCUT2D eigenvalue weighted by atomic mass is 9.97. The Hall–Kier alpha value is -3.02. The van der Waals surface area contributed by atoms with Crippen molar-refractivity contribution in [1.82, 2.24) is 10.2 Å². The molecule has 0 radical (unpaired) electrons. The first kappa shape index (κ1) is 19.0. The number of aliphatic hydroxyl groups excluding tert-OH is 1. The molecule has 2 saturated heterocycles. The van der Waals surface area contributed by atoms with Crippen LogP contribution in [0.2, 0.25) is 0 Å². The van der Waals surface area contributed by atoms with Gasteiger partial charge in [0.15, 0.2) is 17.3 Å². The predicted octanol–water partition coefficient (Wildman–Crippen LogP) is 1.67. The van der Waals surface area contributed by atoms with Crippen molar-refractivity contribution >= 4 is 33.9 Å². The number of rotatable bonds is 3. The Balaban J connectivity index is 1.64. The van der Waals surface area contributed by atoms with Crippen molar-refractivity contribution in [1.29, 1.82) is 0 Å². The summed E-state index contributed by atoms with van der Waals surface area (Å²) in [6.45, 7) is 3.68. The maximum absolute atomic E-state index is 13.0. The third kappa shape index (κ3) is 2.93. The minimum Gasteiger partial charge on any atom is -0.507 e. The summed E-state index contributed by atoms with van der Waals surface area (Å²) in [5, 5.41) is 19.0. The fraction of sp³-hybridized carbons (Fsp3) is 0.368. The molecule has 3 aliphatic rings. The van der Waals surface area contributed by atoms with Gasteiger partial charge in [-0.25, -0.2) is 0 Å². The van der Waals surface area contributed by atoms with Gasteiger partial charge in [0.25, 0.3) is 5.78 Å². The van der Waals surface area contributed by atoms with Crippen LogP contribution in [0, 0.1) is 0 Å². The number of nitrogens with zero attached hydrogens (tertiary/aromatic N) is 3. The number of carbonyl (C=O) groups is 2. The number of anilines is 1. The van der Waals surface area contributed by atoms with Gasteiger partial charge in [0, 0.05) is 5.56 Å². The van der Waals surface area contributed by atoms with Crippen molar-refractivity contribution in [2.24, 2.45) is 0 Å². The number of fused-ring (bicyclic) bond motifs is 1. The van der Waals surface area contributed by atoms with Gasteiger partial charge >= 0.3 is 5.91 Å². The van der Waals surface area contributed by atoms with Crippen molar-refractivity contribution in [3.63, 3.8) is 0 Å². The molecule has 1 aromatic carbocycles. The van der Waals surface area contributed by atoms with E-state index in [9.17, 15) is 14.7 Å². The van der Waals surface area contributed by atoms with E-state index in [1.807, 2.05) is 0 Å². The van der Waals surface area contributed by atoms with Crippen molar-refractivity contribution in [2.75, 3.05) is 18.3 Å². The second-order valence-corrected chi connectivity index (χ2v) is 8.18. The summed E-state index contributed by atoms with van der Waals surface area (Å²) in [6.07, 6.45) is -0.689. The predicted molar refractivity (Wildman–Crippen MR) is 103 cm³/mol. The zero-order chi connectivity index (χ0) is 21.0. The summed E-state index contributed by atoms with van der Waals surface area (Å²) in [5.74, 6) is -1.91. The number of hydrogen-bond acceptors (Lipinski definition) is 10. The Kier molecular flexibility index (Phi) is 4.27. The fourth-order valence-electron chi connectivity index (χ4n) is 3.76. The van der Waals surface area contributed by atoms with Crippen LogP contribution in [0.25, 0.3) is 5.76 Å². The number of benzene rings is 1. The molecular formula is C19H17N3O7S. The molecule has 2 aromatic rings. The lowest BCUT2D eigenvalue weighted by molar-refractivity contribution is -0.140. The molecule has 0 spiro atoms. The highest BCUT2D eigenvalue weighted by molar-refractivity contribution is 7.13. The topological polar surface area (TPSA) is 120 Å². The first-order chi connectivity index (χ1) is 14.4. The Morgan fingerprint density at radius 3 is 2.77 bits per heavy atom. The zero-order valence-corrected chi connectivity index (χ0v) is 16.8. The monoisotopic (exact) mass is 431 g/mol. The number of carbonyl (C=O) groups excluding carboxylic acids is 2. The molecule has 2 unspecified atom stereocenters. The van der Waals surface area contributed by atoms with Crippen molar-refractivity contribution < 1.29 is 33.6 Å². The highest BCUT2D eigenvalue weighted by Crippen LogP contribution is 2.40. The smallest absolute Gasteiger partial charge is 0.301 e. The minimum absolute atomic E-state index is 0.0727. The second kappa shape index (κ2) is 6.76. The van der Waals surface area contributed by atoms with E-state index in [0.717, 1.165) is 11.3 Å². The maximum atomic E-state index is 13.0. The van der Waals surface area contributed by atoms with Gasteiger partial charge in [-0.1, -0.05) is 11.3 Å². The molecule has 2 atom stereocenters. The molecule has 1 amide bonds. The fourth-order valence-corrected chi connectivity index (χ4v) is 4.36. The lowest BCUT2D eigenvalue weighted by Gasteiger charge is -2.27. The third-order valence-electron chi connectivity index (χ3n) is 5.07. The summed E-state index contributed by atoms with van der Waals surface area (Å²) in [4.78, 5) is 27.1. The van der Waals surface area contributed by atoms with Gasteiger partial charge in [0.1, 0.15) is 23.4 Å². The molecular weight excluding hydrogens is 414 g/mol. The molecule has 156 valence electrons. The number of hydrogen-bond donors (Lipinski definition) is 1. The van der Waals surface area contributed by atoms with Crippen LogP contribution in [0.3, 0.4) is 0 Å². The number of ether oxygens (including phenoxy) is 4. The van der Waals surface area contributed by atoms with E-state index in [1.54, 1.807) is 32.0 Å². The van der Waals surface area contributed by atoms with E-state index in [2.05, 4.69) is 10.2 Å². The van der Waals surface area contributed by atoms with Gasteiger partial charge in [0.05, 0.1) is 12.2 Å². The van der Waals surface area contributed by atoms with E-state index in [1.165, 1.54) is 10.4 Å². The quantitative estimate of drug-likeness (QED) is 0.439. The summed E-state index contributed by atoms with van der Waals surface area (Å²) in [5.41, 5.74) is 1.69. The highest BCUT2D eigenvalue weighted by atomic mass is 32.1. The van der Waals surface area contributed by atoms with Gasteiger partial charge in [0.2, 0.25) is 11.9 Å². The average Bonchev–Trinajstić information content (AvgIpc) is 3.49. The summed E-state index contributed by atoms with van der Waals surface area (Å²) in [6, 6.07) is 3.85. The van der Waals surface area contributed by atoms with Gasteiger partial charge in [-0.3, -0.25) is 14.5 Å². The number of ketones is 1. The second-order valence-electron chi connectivity index (χ2n) is 7.37. The average molecular weight is 431 g/mol. The Morgan fingerprint density at radius 1 is 1.27 bits per heavy atom. The standard InChI is InChI=1S/C19H17N3O7S/c1-19(2)28-6-12(29-19)14-13(16(24)17(25)22(14)18-21-20-7-30-18)15(23)9-3-4-10-11(5-9)27-8-26-10/h3-5,7,12,14,23H,6,8H2,1-2H3/b15-13+. The number of aromatic nitrogens is 2. The van der Waals surface area contributed by atoms with Crippen molar-refractivity contribution in [3.8, 4) is 11.5 Å². The maximum Gasteiger partial charge on any atom is 0.301 e. The van der Waals surface area contributed by atoms with Crippen LogP contribution in [0.1, 0.15) is 19.4 Å². The molecule has 0 saturated carbocycles. The zero-order valence-electron chi connectivity index (χ0n) is 16.0. The van der Waals surface area contributed by atoms with E-state index >= 15 is 0 Å². The highest BCUT2D eigenvalue weighted by Gasteiger charge is 2.54. The van der Waals surface area contributed by atoms with Crippen molar-refractivity contribution in [3.05, 3.63) is 34.8 Å². The molecule has 2 fully saturated rings. The molecule has 30 heavy (non-hydrogen) atoms. The van der Waals surface area contributed by atoms with E-state index < -0.39 is 29.6 Å². The van der Waals surface area contributed by atoms with Crippen molar-refractivity contribution in [2.45, 2.75) is 31.8 Å². The number of amides is 1. The molecule has 0 bridgehead atoms. The molecule has 0 aliphatic carbocycles. The van der Waals surface area contributed by atoms with E-state index in [4.69, 9.17) is 18.9 Å². The Labute approximate surface area is 174 Å². The molecule has 4 heterocycles. The summed E-state index contributed by atoms with van der Waals surface area (Å²) < 4.78 is 22.2. The molecule has 11 heteroatoms. The number of aliphatic hydroxyl groups is 1. The van der Waals surface area contributed by atoms with Crippen LogP contribution in [0.4, 0.5) is 5.13 Å². The lowest BCUT2D eigenvalue weighted by Crippen LogP contribution is -2.44. The van der Waals surface area contributed by atoms with Gasteiger partial charge in [-0.2, -0.15) is 0 Å². The van der Waals surface area contributed by atoms with E-state index in [0.29, 0.717) is 17.1 Å². The SMILES string of the molecule is CC1(C)OCC(C2/C(=C(\O)c3ccc4c(c3)OCO4)C(=O)C(=O)N2c2nncs2)O1. The largest absolute Gasteiger partial charge is 0.507 e. The molecule has 1 N–H and O–H groups in total. The van der Waals surface area contributed by atoms with Crippen LogP contribution < -0.4 is 14.4 Å². The van der Waals surface area contributed by atoms with Crippen LogP contribution >= 0.6 is 11.3 Å². The van der Waals surface area contributed by atoms with Gasteiger partial charge in [-0.05, 0) is 32.0 Å². The molecule has 5 rings (SSSR count). The third-order valence-corrected chi connectivity index (χ3v) is 5.76. The molecule has 10 nitrogen and oxygen atoms in total. The first-order valence-electron chi connectivity index (χ1n) is 9.15. The van der Waals surface area contributed by atoms with Gasteiger partial charge < -0.3 is 24.1 Å². The number of Topliss-reactive ketones (excluding diaryl/α,β-unsaturated/α-hetero) is 1. The van der Waals surface area contributed by atoms with Gasteiger partial charge in [-0.15, -0.1) is 10.2 Å². The summed E-state index contributed by atoms with van der Waals surface area (Å²) >= 11 is 1.11. The van der Waals surface area contributed by atoms with Crippen LogP contribution in [0.15, 0.2) is 29.3 Å². The molecule has 1 aromatic heterocycles. The summed E-state index contributed by atoms with van der Waals surface area (Å²) in [7, 11) is 0. The van der Waals surface area contributed by atoms with Crippen LogP contribution in [-0.2, 0) is 19.1 Å². The Morgan fingerprint density at radius 2 is 2.07 bits per heavy atom. The molecule has 3 aliphatic heterocycles. The van der Waals surface area contributed by atoms with Crippen LogP contribution in [-0.4, -0.2) is 58.3 Å².